The first kappa shape index (κ1) is 11.3. The van der Waals surface area contributed by atoms with Gasteiger partial charge >= 0.3 is 0 Å². The molecule has 3 heteroatoms. The van der Waals surface area contributed by atoms with Gasteiger partial charge in [0.15, 0.2) is 0 Å². The second-order valence-electron chi connectivity index (χ2n) is 3.68. The largest absolute Gasteiger partial charge is 0.314 e. The molecule has 1 fully saturated rings. The molecule has 0 radical (unpaired) electrons. The van der Waals surface area contributed by atoms with Gasteiger partial charge in [-0.05, 0) is 6.42 Å². The third-order valence-corrected chi connectivity index (χ3v) is 3.92. The summed E-state index contributed by atoms with van der Waals surface area (Å²) in [6, 6.07) is 0. The first-order valence-corrected chi connectivity index (χ1v) is 6.42. The molecule has 1 aliphatic rings. The van der Waals surface area contributed by atoms with Crippen LogP contribution in [0.5, 0.6) is 0 Å². The Hall–Kier alpha value is 0.270. The highest BCUT2D eigenvalue weighted by Crippen LogP contribution is 2.13. The second kappa shape index (κ2) is 6.68. The van der Waals surface area contributed by atoms with E-state index in [1.54, 1.807) is 0 Å². The summed E-state index contributed by atoms with van der Waals surface area (Å²) in [7, 11) is 0. The zero-order valence-corrected chi connectivity index (χ0v) is 9.70. The van der Waals surface area contributed by atoms with Crippen LogP contribution in [0.25, 0.3) is 0 Å². The predicted molar refractivity (Wildman–Crippen MR) is 61.5 cm³/mol. The number of hydrogen-bond donors (Lipinski definition) is 1. The number of piperazine rings is 1. The summed E-state index contributed by atoms with van der Waals surface area (Å²) in [5, 5.41) is 4.21. The number of nitrogens with zero attached hydrogens (tertiary/aromatic N) is 1. The van der Waals surface area contributed by atoms with Gasteiger partial charge in [-0.1, -0.05) is 13.8 Å². The van der Waals surface area contributed by atoms with Gasteiger partial charge in [-0.3, -0.25) is 4.90 Å². The lowest BCUT2D eigenvalue weighted by Gasteiger charge is -2.27. The molecule has 1 saturated heterocycles. The molecule has 1 rings (SSSR count). The van der Waals surface area contributed by atoms with Crippen molar-refractivity contribution in [2.45, 2.75) is 25.5 Å². The van der Waals surface area contributed by atoms with Crippen LogP contribution in [-0.4, -0.2) is 48.6 Å². The van der Waals surface area contributed by atoms with Gasteiger partial charge < -0.3 is 5.32 Å². The van der Waals surface area contributed by atoms with E-state index in [1.807, 2.05) is 0 Å². The van der Waals surface area contributed by atoms with E-state index in [9.17, 15) is 0 Å². The van der Waals surface area contributed by atoms with Crippen LogP contribution < -0.4 is 5.32 Å². The topological polar surface area (TPSA) is 15.3 Å². The van der Waals surface area contributed by atoms with Gasteiger partial charge in [0.2, 0.25) is 0 Å². The summed E-state index contributed by atoms with van der Waals surface area (Å²) in [6.07, 6.45) is 1.30. The zero-order chi connectivity index (χ0) is 9.52. The van der Waals surface area contributed by atoms with E-state index in [0.717, 1.165) is 5.25 Å². The Kier molecular flexibility index (Phi) is 5.83. The molecule has 0 saturated carbocycles. The summed E-state index contributed by atoms with van der Waals surface area (Å²) >= 11 is 2.11. The molecule has 1 heterocycles. The minimum Gasteiger partial charge on any atom is -0.314 e. The van der Waals surface area contributed by atoms with Gasteiger partial charge in [0, 0.05) is 43.7 Å². The fraction of sp³-hybridized carbons (Fsp3) is 1.00. The summed E-state index contributed by atoms with van der Waals surface area (Å²) in [4.78, 5) is 2.56. The van der Waals surface area contributed by atoms with Crippen LogP contribution in [0.1, 0.15) is 20.3 Å². The van der Waals surface area contributed by atoms with E-state index < -0.39 is 0 Å². The molecule has 0 aromatic heterocycles. The Morgan fingerprint density at radius 2 is 2.08 bits per heavy atom. The van der Waals surface area contributed by atoms with Crippen molar-refractivity contribution in [3.05, 3.63) is 0 Å². The molecule has 0 aromatic rings. The van der Waals surface area contributed by atoms with Crippen molar-refractivity contribution in [2.75, 3.05) is 38.5 Å². The van der Waals surface area contributed by atoms with Crippen LogP contribution in [0.3, 0.4) is 0 Å². The highest BCUT2D eigenvalue weighted by atomic mass is 32.2. The normalized spacial score (nSPS) is 21.7. The maximum atomic E-state index is 3.38. The summed E-state index contributed by atoms with van der Waals surface area (Å²) in [5.41, 5.74) is 0. The number of nitrogens with one attached hydrogen (secondary N) is 1. The van der Waals surface area contributed by atoms with Crippen molar-refractivity contribution in [1.82, 2.24) is 10.2 Å². The average Bonchev–Trinajstić information content (AvgIpc) is 2.19. The Labute approximate surface area is 86.5 Å². The van der Waals surface area contributed by atoms with E-state index in [1.165, 1.54) is 44.9 Å². The van der Waals surface area contributed by atoms with Crippen LogP contribution in [0.2, 0.25) is 0 Å². The van der Waals surface area contributed by atoms with Crippen LogP contribution in [0.15, 0.2) is 0 Å². The Balaban J connectivity index is 1.98. The Morgan fingerprint density at radius 1 is 1.38 bits per heavy atom. The number of thioether (sulfide) groups is 1. The lowest BCUT2D eigenvalue weighted by Crippen LogP contribution is -2.44. The fourth-order valence-electron chi connectivity index (χ4n) is 1.44. The molecule has 13 heavy (non-hydrogen) atoms. The minimum absolute atomic E-state index is 0.836. The number of hydrogen-bond acceptors (Lipinski definition) is 3. The van der Waals surface area contributed by atoms with Crippen LogP contribution >= 0.6 is 11.8 Å². The average molecular weight is 202 g/mol. The molecule has 0 amide bonds. The third-order valence-electron chi connectivity index (χ3n) is 2.59. The Morgan fingerprint density at radius 3 is 2.69 bits per heavy atom. The fourth-order valence-corrected chi connectivity index (χ4v) is 2.44. The zero-order valence-electron chi connectivity index (χ0n) is 8.88. The predicted octanol–water partition coefficient (Wildman–Crippen LogP) is 1.42. The quantitative estimate of drug-likeness (QED) is 0.726. The smallest absolute Gasteiger partial charge is 0.0108 e. The van der Waals surface area contributed by atoms with Crippen LogP contribution in [-0.2, 0) is 0 Å². The standard InChI is InChI=1S/C10H22N2S/c1-3-10(2)13-9-8-12-6-4-11-5-7-12/h10-11H,3-9H2,1-2H3. The lowest BCUT2D eigenvalue weighted by molar-refractivity contribution is 0.255. The first-order chi connectivity index (χ1) is 6.33. The SMILES string of the molecule is CCC(C)SCCN1CCNCC1. The van der Waals surface area contributed by atoms with Gasteiger partial charge in [0.25, 0.3) is 0 Å². The molecule has 1 atom stereocenters. The van der Waals surface area contributed by atoms with Gasteiger partial charge in [-0.15, -0.1) is 0 Å². The highest BCUT2D eigenvalue weighted by Gasteiger charge is 2.08. The molecule has 1 aliphatic heterocycles. The maximum Gasteiger partial charge on any atom is 0.0108 e. The van der Waals surface area contributed by atoms with E-state index in [-0.39, 0.29) is 0 Å². The second-order valence-corrected chi connectivity index (χ2v) is 5.23. The molecular formula is C10H22N2S. The third kappa shape index (κ3) is 4.89. The molecule has 0 bridgehead atoms. The van der Waals surface area contributed by atoms with Crippen molar-refractivity contribution in [1.29, 1.82) is 0 Å². The van der Waals surface area contributed by atoms with Gasteiger partial charge in [0.05, 0.1) is 0 Å². The molecule has 1 unspecified atom stereocenters. The van der Waals surface area contributed by atoms with Crippen LogP contribution in [0, 0.1) is 0 Å². The van der Waals surface area contributed by atoms with Crippen molar-refractivity contribution < 1.29 is 0 Å². The summed E-state index contributed by atoms with van der Waals surface area (Å²) < 4.78 is 0. The van der Waals surface area contributed by atoms with E-state index in [2.05, 4.69) is 35.8 Å². The van der Waals surface area contributed by atoms with Crippen molar-refractivity contribution in [2.24, 2.45) is 0 Å². The minimum atomic E-state index is 0.836. The van der Waals surface area contributed by atoms with E-state index >= 15 is 0 Å². The molecule has 0 aromatic carbocycles. The van der Waals surface area contributed by atoms with Gasteiger partial charge in [-0.25, -0.2) is 0 Å². The number of rotatable bonds is 5. The Bertz CT molecular complexity index is 124. The monoisotopic (exact) mass is 202 g/mol. The molecule has 0 spiro atoms. The van der Waals surface area contributed by atoms with E-state index in [4.69, 9.17) is 0 Å². The van der Waals surface area contributed by atoms with Gasteiger partial charge in [0.1, 0.15) is 0 Å². The van der Waals surface area contributed by atoms with Crippen LogP contribution in [0.4, 0.5) is 0 Å². The molecule has 0 aliphatic carbocycles. The molecule has 1 N–H and O–H groups in total. The molecular weight excluding hydrogens is 180 g/mol. The molecule has 78 valence electrons. The summed E-state index contributed by atoms with van der Waals surface area (Å²) in [5.74, 6) is 1.30. The van der Waals surface area contributed by atoms with E-state index in [0.29, 0.717) is 0 Å². The molecule has 2 nitrogen and oxygen atoms in total. The summed E-state index contributed by atoms with van der Waals surface area (Å²) in [6.45, 7) is 10.7. The van der Waals surface area contributed by atoms with Gasteiger partial charge in [-0.2, -0.15) is 11.8 Å². The lowest BCUT2D eigenvalue weighted by atomic mass is 10.4. The highest BCUT2D eigenvalue weighted by molar-refractivity contribution is 7.99. The van der Waals surface area contributed by atoms with Crippen molar-refractivity contribution in [3.8, 4) is 0 Å². The van der Waals surface area contributed by atoms with Crippen molar-refractivity contribution >= 4 is 11.8 Å². The maximum absolute atomic E-state index is 3.38. The first-order valence-electron chi connectivity index (χ1n) is 5.37. The van der Waals surface area contributed by atoms with Crippen molar-refractivity contribution in [3.63, 3.8) is 0 Å².